The van der Waals surface area contributed by atoms with Gasteiger partial charge in [-0.2, -0.15) is 0 Å². The maximum absolute atomic E-state index is 12.0. The zero-order valence-electron chi connectivity index (χ0n) is 11.5. The molecule has 2 aromatic heterocycles. The number of carbonyl (C=O) groups is 1. The highest BCUT2D eigenvalue weighted by atomic mass is 35.5. The molecule has 1 aromatic carbocycles. The number of hydrogen-bond donors (Lipinski definition) is 1. The van der Waals surface area contributed by atoms with E-state index in [9.17, 15) is 4.79 Å². The average molecular weight is 330 g/mol. The van der Waals surface area contributed by atoms with E-state index in [1.807, 2.05) is 17.5 Å². The van der Waals surface area contributed by atoms with Crippen molar-refractivity contribution < 1.29 is 4.79 Å². The maximum atomic E-state index is 12.0. The molecule has 0 atom stereocenters. The molecule has 2 heterocycles. The fraction of sp³-hybridized carbons (Fsp3) is 0.0625. The number of anilines is 1. The molecule has 4 nitrogen and oxygen atoms in total. The number of amides is 1. The summed E-state index contributed by atoms with van der Waals surface area (Å²) in [6, 6.07) is 10.8. The van der Waals surface area contributed by atoms with Crippen LogP contribution < -0.4 is 5.32 Å². The molecule has 0 bridgehead atoms. The van der Waals surface area contributed by atoms with Gasteiger partial charge in [0, 0.05) is 34.0 Å². The predicted molar refractivity (Wildman–Crippen MR) is 89.1 cm³/mol. The van der Waals surface area contributed by atoms with Crippen LogP contribution in [0, 0.1) is 0 Å². The van der Waals surface area contributed by atoms with Crippen molar-refractivity contribution in [2.75, 3.05) is 5.32 Å². The van der Waals surface area contributed by atoms with Gasteiger partial charge in [0.1, 0.15) is 5.01 Å². The number of benzene rings is 1. The zero-order valence-corrected chi connectivity index (χ0v) is 13.1. The molecule has 0 unspecified atom stereocenters. The lowest BCUT2D eigenvalue weighted by Gasteiger charge is -2.03. The molecule has 0 fully saturated rings. The normalized spacial score (nSPS) is 10.4. The minimum absolute atomic E-state index is 0.106. The van der Waals surface area contributed by atoms with Crippen molar-refractivity contribution in [3.8, 4) is 10.6 Å². The Balaban J connectivity index is 1.65. The molecule has 3 aromatic rings. The predicted octanol–water partition coefficient (Wildman–Crippen LogP) is 4.04. The Labute approximate surface area is 136 Å². The van der Waals surface area contributed by atoms with Crippen molar-refractivity contribution >= 4 is 34.5 Å². The lowest BCUT2D eigenvalue weighted by Crippen LogP contribution is -2.14. The first-order chi connectivity index (χ1) is 10.7. The Hall–Kier alpha value is -2.24. The van der Waals surface area contributed by atoms with Crippen molar-refractivity contribution in [1.82, 2.24) is 9.97 Å². The van der Waals surface area contributed by atoms with Crippen LogP contribution in [-0.4, -0.2) is 15.9 Å². The molecule has 110 valence electrons. The van der Waals surface area contributed by atoms with Gasteiger partial charge >= 0.3 is 0 Å². The molecule has 0 aliphatic carbocycles. The lowest BCUT2D eigenvalue weighted by atomic mass is 10.2. The van der Waals surface area contributed by atoms with Crippen LogP contribution in [0.5, 0.6) is 0 Å². The summed E-state index contributed by atoms with van der Waals surface area (Å²) >= 11 is 7.32. The van der Waals surface area contributed by atoms with Gasteiger partial charge in [-0.1, -0.05) is 11.6 Å². The summed E-state index contributed by atoms with van der Waals surface area (Å²) in [4.78, 5) is 20.6. The Morgan fingerprint density at radius 1 is 1.23 bits per heavy atom. The third kappa shape index (κ3) is 3.69. The van der Waals surface area contributed by atoms with Crippen LogP contribution in [0.2, 0.25) is 5.02 Å². The molecule has 0 aliphatic heterocycles. The number of rotatable bonds is 4. The minimum atomic E-state index is -0.106. The largest absolute Gasteiger partial charge is 0.326 e. The van der Waals surface area contributed by atoms with E-state index in [1.54, 1.807) is 36.7 Å². The van der Waals surface area contributed by atoms with E-state index in [4.69, 9.17) is 11.6 Å². The van der Waals surface area contributed by atoms with E-state index in [0.717, 1.165) is 22.0 Å². The molecular weight excluding hydrogens is 318 g/mol. The van der Waals surface area contributed by atoms with Gasteiger partial charge < -0.3 is 5.32 Å². The highest BCUT2D eigenvalue weighted by Crippen LogP contribution is 2.23. The maximum Gasteiger partial charge on any atom is 0.230 e. The highest BCUT2D eigenvalue weighted by molar-refractivity contribution is 7.13. The molecule has 0 saturated heterocycles. The Morgan fingerprint density at radius 3 is 2.77 bits per heavy atom. The van der Waals surface area contributed by atoms with Crippen LogP contribution in [-0.2, 0) is 11.2 Å². The molecule has 1 N–H and O–H groups in total. The summed E-state index contributed by atoms with van der Waals surface area (Å²) in [7, 11) is 0. The van der Waals surface area contributed by atoms with E-state index >= 15 is 0 Å². The van der Waals surface area contributed by atoms with Crippen LogP contribution in [0.25, 0.3) is 10.6 Å². The van der Waals surface area contributed by atoms with Gasteiger partial charge in [-0.25, -0.2) is 4.98 Å². The van der Waals surface area contributed by atoms with E-state index < -0.39 is 0 Å². The summed E-state index contributed by atoms with van der Waals surface area (Å²) in [6.45, 7) is 0. The number of halogens is 1. The number of carbonyl (C=O) groups excluding carboxylic acids is 1. The van der Waals surface area contributed by atoms with E-state index in [0.29, 0.717) is 5.02 Å². The van der Waals surface area contributed by atoms with Gasteiger partial charge in [-0.15, -0.1) is 11.3 Å². The van der Waals surface area contributed by atoms with Crippen LogP contribution in [0.3, 0.4) is 0 Å². The Kier molecular flexibility index (Phi) is 4.46. The van der Waals surface area contributed by atoms with Crippen LogP contribution in [0.15, 0.2) is 54.2 Å². The first-order valence-corrected chi connectivity index (χ1v) is 7.87. The standard InChI is InChI=1S/C16H12ClN3OS/c17-12-3-5-13(6-4-12)19-15(21)8-14-10-22-16(20-14)11-2-1-7-18-9-11/h1-7,9-10H,8H2,(H,19,21). The van der Waals surface area contributed by atoms with Gasteiger partial charge in [0.2, 0.25) is 5.91 Å². The fourth-order valence-electron chi connectivity index (χ4n) is 1.91. The molecule has 1 amide bonds. The summed E-state index contributed by atoms with van der Waals surface area (Å²) in [5.74, 6) is -0.106. The van der Waals surface area contributed by atoms with Crippen LogP contribution >= 0.6 is 22.9 Å². The first kappa shape index (κ1) is 14.7. The summed E-state index contributed by atoms with van der Waals surface area (Å²) in [5.41, 5.74) is 2.42. The van der Waals surface area contributed by atoms with Gasteiger partial charge in [0.15, 0.2) is 0 Å². The average Bonchev–Trinajstić information content (AvgIpc) is 2.99. The summed E-state index contributed by atoms with van der Waals surface area (Å²) in [5, 5.41) is 6.21. The van der Waals surface area contributed by atoms with E-state index in [-0.39, 0.29) is 12.3 Å². The number of thiazole rings is 1. The second kappa shape index (κ2) is 6.68. The lowest BCUT2D eigenvalue weighted by molar-refractivity contribution is -0.115. The van der Waals surface area contributed by atoms with Gasteiger partial charge in [0.25, 0.3) is 0 Å². The third-order valence-corrected chi connectivity index (χ3v) is 4.12. The van der Waals surface area contributed by atoms with Crippen molar-refractivity contribution in [3.63, 3.8) is 0 Å². The van der Waals surface area contributed by atoms with E-state index in [2.05, 4.69) is 15.3 Å². The summed E-state index contributed by atoms with van der Waals surface area (Å²) in [6.07, 6.45) is 3.72. The molecule has 22 heavy (non-hydrogen) atoms. The number of nitrogens with one attached hydrogen (secondary N) is 1. The molecule has 0 spiro atoms. The molecule has 0 saturated carbocycles. The number of hydrogen-bond acceptors (Lipinski definition) is 4. The van der Waals surface area contributed by atoms with Crippen LogP contribution in [0.1, 0.15) is 5.69 Å². The number of aromatic nitrogens is 2. The van der Waals surface area contributed by atoms with Crippen molar-refractivity contribution in [1.29, 1.82) is 0 Å². The molecule has 0 radical (unpaired) electrons. The monoisotopic (exact) mass is 329 g/mol. The number of nitrogens with zero attached hydrogens (tertiary/aromatic N) is 2. The van der Waals surface area contributed by atoms with Crippen molar-refractivity contribution in [2.24, 2.45) is 0 Å². The van der Waals surface area contributed by atoms with Crippen molar-refractivity contribution in [2.45, 2.75) is 6.42 Å². The van der Waals surface area contributed by atoms with E-state index in [1.165, 1.54) is 11.3 Å². The van der Waals surface area contributed by atoms with Gasteiger partial charge in [-0.3, -0.25) is 9.78 Å². The Morgan fingerprint density at radius 2 is 2.05 bits per heavy atom. The quantitative estimate of drug-likeness (QED) is 0.786. The molecular formula is C16H12ClN3OS. The highest BCUT2D eigenvalue weighted by Gasteiger charge is 2.09. The van der Waals surface area contributed by atoms with Crippen LogP contribution in [0.4, 0.5) is 5.69 Å². The topological polar surface area (TPSA) is 54.9 Å². The minimum Gasteiger partial charge on any atom is -0.326 e. The third-order valence-electron chi connectivity index (χ3n) is 2.93. The van der Waals surface area contributed by atoms with Gasteiger partial charge in [0.05, 0.1) is 12.1 Å². The molecule has 3 rings (SSSR count). The second-order valence-corrected chi connectivity index (χ2v) is 5.91. The molecule has 0 aliphatic rings. The zero-order chi connectivity index (χ0) is 15.4. The first-order valence-electron chi connectivity index (χ1n) is 6.61. The van der Waals surface area contributed by atoms with Gasteiger partial charge in [-0.05, 0) is 36.4 Å². The Bertz CT molecular complexity index is 772. The second-order valence-electron chi connectivity index (χ2n) is 4.62. The SMILES string of the molecule is O=C(Cc1csc(-c2cccnc2)n1)Nc1ccc(Cl)cc1. The fourth-order valence-corrected chi connectivity index (χ4v) is 2.85. The summed E-state index contributed by atoms with van der Waals surface area (Å²) < 4.78 is 0. The number of pyridine rings is 1. The molecule has 6 heteroatoms. The van der Waals surface area contributed by atoms with Crippen molar-refractivity contribution in [3.05, 3.63) is 64.9 Å². The smallest absolute Gasteiger partial charge is 0.230 e.